The van der Waals surface area contributed by atoms with Crippen molar-refractivity contribution in [2.45, 2.75) is 19.8 Å². The van der Waals surface area contributed by atoms with Crippen LogP contribution in [0.3, 0.4) is 0 Å². The van der Waals surface area contributed by atoms with Crippen molar-refractivity contribution in [1.29, 1.82) is 0 Å². The van der Waals surface area contributed by atoms with Gasteiger partial charge in [0.15, 0.2) is 5.75 Å². The molecule has 0 aliphatic rings. The van der Waals surface area contributed by atoms with Gasteiger partial charge in [0.05, 0.1) is 5.69 Å². The molecule has 0 aromatic carbocycles. The minimum absolute atomic E-state index is 0.0208. The number of alkyl halides is 3. The first-order valence-electron chi connectivity index (χ1n) is 3.95. The van der Waals surface area contributed by atoms with Crippen molar-refractivity contribution in [2.24, 2.45) is 5.73 Å². The van der Waals surface area contributed by atoms with E-state index in [4.69, 9.17) is 5.73 Å². The van der Waals surface area contributed by atoms with Crippen molar-refractivity contribution in [1.82, 2.24) is 4.98 Å². The van der Waals surface area contributed by atoms with Gasteiger partial charge in [-0.1, -0.05) is 0 Å². The molecular formula is C8H8F3IN2O. The zero-order chi connectivity index (χ0) is 11.6. The first kappa shape index (κ1) is 12.5. The molecule has 0 saturated carbocycles. The van der Waals surface area contributed by atoms with Gasteiger partial charge in [-0.2, -0.15) is 0 Å². The second kappa shape index (κ2) is 4.52. The third-order valence-corrected chi connectivity index (χ3v) is 2.61. The van der Waals surface area contributed by atoms with Crippen LogP contribution >= 0.6 is 22.6 Å². The molecule has 0 bridgehead atoms. The maximum absolute atomic E-state index is 12.1. The van der Waals surface area contributed by atoms with Crippen LogP contribution in [-0.2, 0) is 6.54 Å². The van der Waals surface area contributed by atoms with Crippen LogP contribution in [0.15, 0.2) is 6.20 Å². The van der Waals surface area contributed by atoms with Gasteiger partial charge in [-0.15, -0.1) is 13.2 Å². The van der Waals surface area contributed by atoms with Gasteiger partial charge in [-0.25, -0.2) is 0 Å². The Kier molecular flexibility index (Phi) is 3.77. The molecule has 0 amide bonds. The lowest BCUT2D eigenvalue weighted by atomic mass is 10.2. The molecule has 0 spiro atoms. The van der Waals surface area contributed by atoms with E-state index in [1.54, 1.807) is 0 Å². The maximum atomic E-state index is 12.1. The zero-order valence-electron chi connectivity index (χ0n) is 7.73. The van der Waals surface area contributed by atoms with Crippen molar-refractivity contribution in [3.8, 4) is 5.75 Å². The molecule has 0 radical (unpaired) electrons. The van der Waals surface area contributed by atoms with Crippen molar-refractivity contribution in [3.63, 3.8) is 0 Å². The number of ether oxygens (including phenoxy) is 1. The zero-order valence-corrected chi connectivity index (χ0v) is 9.89. The van der Waals surface area contributed by atoms with Gasteiger partial charge in [0.2, 0.25) is 0 Å². The summed E-state index contributed by atoms with van der Waals surface area (Å²) < 4.78 is 40.7. The Morgan fingerprint density at radius 2 is 2.13 bits per heavy atom. The van der Waals surface area contributed by atoms with E-state index in [9.17, 15) is 13.2 Å². The van der Waals surface area contributed by atoms with Gasteiger partial charge in [0.25, 0.3) is 0 Å². The maximum Gasteiger partial charge on any atom is 0.573 e. The first-order valence-corrected chi connectivity index (χ1v) is 5.03. The standard InChI is InChI=1S/C8H8F3IN2O/c1-4-7(15-8(9,10)11)5(2-13)6(12)3-14-4/h3H,2,13H2,1H3. The molecule has 0 aliphatic carbocycles. The number of pyridine rings is 1. The Morgan fingerprint density at radius 1 is 1.53 bits per heavy atom. The smallest absolute Gasteiger partial charge is 0.403 e. The average Bonchev–Trinajstić information content (AvgIpc) is 2.10. The number of nitrogens with zero attached hydrogens (tertiary/aromatic N) is 1. The van der Waals surface area contributed by atoms with E-state index in [2.05, 4.69) is 9.72 Å². The summed E-state index contributed by atoms with van der Waals surface area (Å²) in [6.07, 6.45) is -3.26. The molecule has 1 aromatic heterocycles. The lowest BCUT2D eigenvalue weighted by molar-refractivity contribution is -0.275. The molecule has 0 fully saturated rings. The Balaban J connectivity index is 3.20. The van der Waals surface area contributed by atoms with Crippen molar-refractivity contribution >= 4 is 22.6 Å². The second-order valence-corrected chi connectivity index (χ2v) is 3.91. The summed E-state index contributed by atoms with van der Waals surface area (Å²) in [5.74, 6) is -0.295. The molecule has 1 aromatic rings. The highest BCUT2D eigenvalue weighted by atomic mass is 127. The van der Waals surface area contributed by atoms with E-state index in [1.165, 1.54) is 13.1 Å². The molecule has 15 heavy (non-hydrogen) atoms. The number of rotatable bonds is 2. The Labute approximate surface area is 98.0 Å². The Morgan fingerprint density at radius 3 is 2.60 bits per heavy atom. The van der Waals surface area contributed by atoms with Gasteiger partial charge in [-0.05, 0) is 29.5 Å². The predicted octanol–water partition coefficient (Wildman–Crippen LogP) is 2.35. The Bertz CT molecular complexity index is 368. The summed E-state index contributed by atoms with van der Waals surface area (Å²) >= 11 is 1.86. The van der Waals surface area contributed by atoms with Crippen molar-refractivity contribution in [3.05, 3.63) is 21.0 Å². The number of aromatic nitrogens is 1. The molecule has 7 heteroatoms. The summed E-state index contributed by atoms with van der Waals surface area (Å²) in [4.78, 5) is 3.78. The average molecular weight is 332 g/mol. The van der Waals surface area contributed by atoms with Gasteiger partial charge in [0, 0.05) is 21.9 Å². The fraction of sp³-hybridized carbons (Fsp3) is 0.375. The van der Waals surface area contributed by atoms with Gasteiger partial charge >= 0.3 is 6.36 Å². The topological polar surface area (TPSA) is 48.1 Å². The van der Waals surface area contributed by atoms with Crippen LogP contribution in [0.25, 0.3) is 0 Å². The van der Waals surface area contributed by atoms with Crippen molar-refractivity contribution < 1.29 is 17.9 Å². The van der Waals surface area contributed by atoms with E-state index in [0.29, 0.717) is 9.13 Å². The van der Waals surface area contributed by atoms with Crippen LogP contribution in [0.5, 0.6) is 5.75 Å². The minimum atomic E-state index is -4.72. The highest BCUT2D eigenvalue weighted by molar-refractivity contribution is 14.1. The molecule has 84 valence electrons. The summed E-state index contributed by atoms with van der Waals surface area (Å²) in [5, 5.41) is 0. The minimum Gasteiger partial charge on any atom is -0.403 e. The van der Waals surface area contributed by atoms with Crippen molar-refractivity contribution in [2.75, 3.05) is 0 Å². The van der Waals surface area contributed by atoms with Crippen LogP contribution in [0.4, 0.5) is 13.2 Å². The summed E-state index contributed by atoms with van der Waals surface area (Å²) in [6.45, 7) is 1.42. The highest BCUT2D eigenvalue weighted by Gasteiger charge is 2.33. The highest BCUT2D eigenvalue weighted by Crippen LogP contribution is 2.30. The quantitative estimate of drug-likeness (QED) is 0.846. The third kappa shape index (κ3) is 3.20. The number of nitrogens with two attached hydrogens (primary N) is 1. The lowest BCUT2D eigenvalue weighted by Crippen LogP contribution is -2.20. The van der Waals surface area contributed by atoms with E-state index in [1.807, 2.05) is 22.6 Å². The molecule has 0 unspecified atom stereocenters. The van der Waals surface area contributed by atoms with Gasteiger partial charge < -0.3 is 10.5 Å². The fourth-order valence-electron chi connectivity index (χ4n) is 1.06. The fourth-order valence-corrected chi connectivity index (χ4v) is 1.66. The van der Waals surface area contributed by atoms with Crippen LogP contribution < -0.4 is 10.5 Å². The van der Waals surface area contributed by atoms with E-state index in [0.717, 1.165) is 0 Å². The van der Waals surface area contributed by atoms with Crippen LogP contribution in [-0.4, -0.2) is 11.3 Å². The monoisotopic (exact) mass is 332 g/mol. The number of aryl methyl sites for hydroxylation is 1. The summed E-state index contributed by atoms with van der Waals surface area (Å²) in [6, 6.07) is 0. The SMILES string of the molecule is Cc1ncc(I)c(CN)c1OC(F)(F)F. The van der Waals surface area contributed by atoms with Gasteiger partial charge in [0.1, 0.15) is 0 Å². The van der Waals surface area contributed by atoms with Crippen LogP contribution in [0.2, 0.25) is 0 Å². The third-order valence-electron chi connectivity index (χ3n) is 1.68. The van der Waals surface area contributed by atoms with E-state index in [-0.39, 0.29) is 18.0 Å². The molecule has 1 heterocycles. The molecule has 0 atom stereocenters. The molecule has 0 saturated heterocycles. The van der Waals surface area contributed by atoms with Crippen LogP contribution in [0, 0.1) is 10.5 Å². The number of hydrogen-bond donors (Lipinski definition) is 1. The molecule has 1 rings (SSSR count). The first-order chi connectivity index (χ1) is 6.85. The molecule has 0 aliphatic heterocycles. The molecule has 2 N–H and O–H groups in total. The number of halogens is 4. The van der Waals surface area contributed by atoms with Crippen LogP contribution in [0.1, 0.15) is 11.3 Å². The lowest BCUT2D eigenvalue weighted by Gasteiger charge is -2.15. The molecular weight excluding hydrogens is 324 g/mol. The van der Waals surface area contributed by atoms with E-state index < -0.39 is 6.36 Å². The largest absolute Gasteiger partial charge is 0.573 e. The summed E-state index contributed by atoms with van der Waals surface area (Å²) in [7, 11) is 0. The predicted molar refractivity (Wildman–Crippen MR) is 56.3 cm³/mol. The van der Waals surface area contributed by atoms with E-state index >= 15 is 0 Å². The van der Waals surface area contributed by atoms with Gasteiger partial charge in [-0.3, -0.25) is 4.98 Å². The molecule has 3 nitrogen and oxygen atoms in total. The Hall–Kier alpha value is -0.570. The summed E-state index contributed by atoms with van der Waals surface area (Å²) in [5.41, 5.74) is 5.85. The number of hydrogen-bond acceptors (Lipinski definition) is 3. The second-order valence-electron chi connectivity index (χ2n) is 2.75. The normalized spacial score (nSPS) is 11.6.